The number of carbonyl (C=O) groups is 2. The summed E-state index contributed by atoms with van der Waals surface area (Å²) in [6, 6.07) is 10.2. The summed E-state index contributed by atoms with van der Waals surface area (Å²) in [5.74, 6) is 0.00114. The summed E-state index contributed by atoms with van der Waals surface area (Å²) in [6.07, 6.45) is 1.38. The summed E-state index contributed by atoms with van der Waals surface area (Å²) in [5, 5.41) is 16.3. The molecule has 0 aliphatic rings. The first-order chi connectivity index (χ1) is 15.4. The molecule has 11 nitrogen and oxygen atoms in total. The van der Waals surface area contributed by atoms with Crippen molar-refractivity contribution < 1.29 is 23.8 Å². The molecule has 1 aromatic heterocycles. The minimum Gasteiger partial charge on any atom is -0.493 e. The van der Waals surface area contributed by atoms with Crippen LogP contribution >= 0.6 is 11.6 Å². The summed E-state index contributed by atoms with van der Waals surface area (Å²) in [4.78, 5) is 24.6. The molecule has 0 radical (unpaired) electrons. The number of carbonyl (C=O) groups excluding carboxylic acids is 2. The quantitative estimate of drug-likeness (QED) is 0.235. The number of methoxy groups -OCH3 is 2. The largest absolute Gasteiger partial charge is 0.493 e. The van der Waals surface area contributed by atoms with Gasteiger partial charge in [0.2, 0.25) is 11.6 Å². The summed E-state index contributed by atoms with van der Waals surface area (Å²) in [7, 11) is 2.85. The summed E-state index contributed by atoms with van der Waals surface area (Å²) >= 11 is 6.12. The van der Waals surface area contributed by atoms with Crippen LogP contribution in [0.25, 0.3) is 11.4 Å². The maximum Gasteiger partial charge on any atom is 0.308 e. The van der Waals surface area contributed by atoms with Gasteiger partial charge in [0.15, 0.2) is 11.5 Å². The maximum absolute atomic E-state index is 12.2. The monoisotopic (exact) mass is 458 g/mol. The first-order valence-corrected chi connectivity index (χ1v) is 9.58. The minimum absolute atomic E-state index is 0.148. The van der Waals surface area contributed by atoms with Crippen LogP contribution in [0.3, 0.4) is 0 Å². The Balaban J connectivity index is 1.66. The summed E-state index contributed by atoms with van der Waals surface area (Å²) < 4.78 is 15.6. The minimum atomic E-state index is -0.519. The topological polar surface area (TPSA) is 130 Å². The average molecular weight is 459 g/mol. The van der Waals surface area contributed by atoms with Crippen molar-refractivity contribution >= 4 is 29.7 Å². The van der Waals surface area contributed by atoms with Crippen molar-refractivity contribution in [2.75, 3.05) is 14.2 Å². The van der Waals surface area contributed by atoms with Crippen LogP contribution in [0.15, 0.2) is 41.5 Å². The lowest BCUT2D eigenvalue weighted by Gasteiger charge is -2.13. The lowest BCUT2D eigenvalue weighted by molar-refractivity contribution is -0.132. The molecule has 12 heteroatoms. The zero-order valence-corrected chi connectivity index (χ0v) is 18.2. The molecule has 0 unspecified atom stereocenters. The van der Waals surface area contributed by atoms with E-state index < -0.39 is 11.9 Å². The van der Waals surface area contributed by atoms with Gasteiger partial charge in [0.25, 0.3) is 5.91 Å². The van der Waals surface area contributed by atoms with Gasteiger partial charge in [-0.2, -0.15) is 9.90 Å². The number of halogens is 1. The molecule has 0 aliphatic carbocycles. The number of amides is 1. The van der Waals surface area contributed by atoms with Crippen molar-refractivity contribution in [1.82, 2.24) is 25.6 Å². The fourth-order valence-electron chi connectivity index (χ4n) is 2.62. The number of rotatable bonds is 8. The SMILES string of the molecule is COc1cc(/C=N\NC(=O)Cn2nnc(-c3ccccc3Cl)n2)cc(OC)c1OC(C)=O. The van der Waals surface area contributed by atoms with E-state index in [0.29, 0.717) is 22.0 Å². The molecule has 32 heavy (non-hydrogen) atoms. The van der Waals surface area contributed by atoms with Crippen LogP contribution in [0.1, 0.15) is 12.5 Å². The van der Waals surface area contributed by atoms with E-state index in [9.17, 15) is 9.59 Å². The van der Waals surface area contributed by atoms with Crippen molar-refractivity contribution in [1.29, 1.82) is 0 Å². The number of nitrogens with zero attached hydrogens (tertiary/aromatic N) is 5. The molecule has 0 atom stereocenters. The van der Waals surface area contributed by atoms with Gasteiger partial charge < -0.3 is 14.2 Å². The Hall–Kier alpha value is -3.99. The van der Waals surface area contributed by atoms with E-state index in [1.54, 1.807) is 36.4 Å². The fraction of sp³-hybridized carbons (Fsp3) is 0.200. The first-order valence-electron chi connectivity index (χ1n) is 9.20. The molecule has 0 saturated heterocycles. The van der Waals surface area contributed by atoms with Crippen molar-refractivity contribution in [3.05, 3.63) is 47.0 Å². The number of hydrazone groups is 1. The van der Waals surface area contributed by atoms with E-state index in [-0.39, 0.29) is 23.8 Å². The van der Waals surface area contributed by atoms with E-state index in [4.69, 9.17) is 25.8 Å². The number of hydrogen-bond acceptors (Lipinski definition) is 9. The predicted molar refractivity (Wildman–Crippen MR) is 115 cm³/mol. The van der Waals surface area contributed by atoms with E-state index in [1.807, 2.05) is 0 Å². The second kappa shape index (κ2) is 10.4. The van der Waals surface area contributed by atoms with Gasteiger partial charge in [0, 0.05) is 18.1 Å². The van der Waals surface area contributed by atoms with Gasteiger partial charge in [-0.1, -0.05) is 23.7 Å². The standard InChI is InChI=1S/C20H19ClN6O5/c1-12(28)32-19-16(30-2)8-13(9-17(19)31-3)10-22-23-18(29)11-27-25-20(24-26-27)14-6-4-5-7-15(14)21/h4-10H,11H2,1-3H3,(H,23,29)/b22-10-. The van der Waals surface area contributed by atoms with Crippen LogP contribution in [0.2, 0.25) is 5.02 Å². The highest BCUT2D eigenvalue weighted by molar-refractivity contribution is 6.33. The normalized spacial score (nSPS) is 10.8. The molecular weight excluding hydrogens is 440 g/mol. The third-order valence-electron chi connectivity index (χ3n) is 3.98. The Labute approximate surface area is 187 Å². The van der Waals surface area contributed by atoms with E-state index in [2.05, 4.69) is 25.9 Å². The van der Waals surface area contributed by atoms with Crippen LogP contribution in [-0.4, -0.2) is 52.5 Å². The summed E-state index contributed by atoms with van der Waals surface area (Å²) in [5.41, 5.74) is 3.52. The fourth-order valence-corrected chi connectivity index (χ4v) is 2.84. The van der Waals surface area contributed by atoms with Crippen LogP contribution in [0, 0.1) is 0 Å². The van der Waals surface area contributed by atoms with Gasteiger partial charge in [0.05, 0.1) is 25.5 Å². The zero-order chi connectivity index (χ0) is 23.1. The number of tetrazole rings is 1. The molecule has 3 rings (SSSR count). The summed E-state index contributed by atoms with van der Waals surface area (Å²) in [6.45, 7) is 1.07. The molecule has 0 spiro atoms. The molecule has 1 heterocycles. The number of esters is 1. The molecular formula is C20H19ClN6O5. The molecule has 0 aliphatic heterocycles. The van der Waals surface area contributed by atoms with Gasteiger partial charge in [0.1, 0.15) is 6.54 Å². The number of ether oxygens (including phenoxy) is 3. The van der Waals surface area contributed by atoms with Crippen LogP contribution in [0.5, 0.6) is 17.2 Å². The smallest absolute Gasteiger partial charge is 0.308 e. The zero-order valence-electron chi connectivity index (χ0n) is 17.4. The van der Waals surface area contributed by atoms with E-state index in [1.165, 1.54) is 27.4 Å². The molecule has 2 aromatic carbocycles. The number of hydrogen-bond donors (Lipinski definition) is 1. The Bertz CT molecular complexity index is 1140. The van der Waals surface area contributed by atoms with Gasteiger partial charge in [-0.15, -0.1) is 10.2 Å². The van der Waals surface area contributed by atoms with Crippen molar-refractivity contribution in [3.63, 3.8) is 0 Å². The van der Waals surface area contributed by atoms with Gasteiger partial charge in [-0.05, 0) is 29.5 Å². The first kappa shape index (κ1) is 22.7. The van der Waals surface area contributed by atoms with Crippen LogP contribution in [0.4, 0.5) is 0 Å². The third kappa shape index (κ3) is 5.58. The highest BCUT2D eigenvalue weighted by Crippen LogP contribution is 2.38. The van der Waals surface area contributed by atoms with Crippen molar-refractivity contribution in [2.45, 2.75) is 13.5 Å². The Kier molecular flexibility index (Phi) is 7.34. The lowest BCUT2D eigenvalue weighted by atomic mass is 10.2. The number of nitrogens with one attached hydrogen (secondary N) is 1. The molecule has 3 aromatic rings. The lowest BCUT2D eigenvalue weighted by Crippen LogP contribution is -2.24. The highest BCUT2D eigenvalue weighted by Gasteiger charge is 2.16. The second-order valence-electron chi connectivity index (χ2n) is 6.26. The van der Waals surface area contributed by atoms with Crippen LogP contribution in [-0.2, 0) is 16.1 Å². The van der Waals surface area contributed by atoms with Crippen molar-refractivity contribution in [2.24, 2.45) is 5.10 Å². The molecule has 0 fully saturated rings. The molecule has 1 amide bonds. The highest BCUT2D eigenvalue weighted by atomic mass is 35.5. The molecule has 0 bridgehead atoms. The Morgan fingerprint density at radius 1 is 1.19 bits per heavy atom. The van der Waals surface area contributed by atoms with Gasteiger partial charge in [-0.25, -0.2) is 5.43 Å². The Morgan fingerprint density at radius 2 is 1.88 bits per heavy atom. The second-order valence-corrected chi connectivity index (χ2v) is 6.67. The predicted octanol–water partition coefficient (Wildman–Crippen LogP) is 2.09. The number of aromatic nitrogens is 4. The molecule has 1 N–H and O–H groups in total. The van der Waals surface area contributed by atoms with E-state index >= 15 is 0 Å². The maximum atomic E-state index is 12.2. The van der Waals surface area contributed by atoms with Crippen molar-refractivity contribution in [3.8, 4) is 28.6 Å². The van der Waals surface area contributed by atoms with Gasteiger partial charge >= 0.3 is 5.97 Å². The molecule has 166 valence electrons. The Morgan fingerprint density at radius 3 is 2.50 bits per heavy atom. The van der Waals surface area contributed by atoms with Crippen LogP contribution < -0.4 is 19.6 Å². The average Bonchev–Trinajstić information content (AvgIpc) is 3.22. The van der Waals surface area contributed by atoms with Gasteiger partial charge in [-0.3, -0.25) is 9.59 Å². The third-order valence-corrected chi connectivity index (χ3v) is 4.31. The number of benzene rings is 2. The molecule has 0 saturated carbocycles. The van der Waals surface area contributed by atoms with E-state index in [0.717, 1.165) is 4.80 Å².